The van der Waals surface area contributed by atoms with Gasteiger partial charge in [-0.15, -0.1) is 0 Å². The van der Waals surface area contributed by atoms with Gasteiger partial charge in [-0.25, -0.2) is 0 Å². The molecule has 0 aliphatic heterocycles. The number of rotatable bonds is 5. The van der Waals surface area contributed by atoms with Crippen LogP contribution >= 0.6 is 0 Å². The Balaban J connectivity index is 1.37. The Labute approximate surface area is 187 Å². The summed E-state index contributed by atoms with van der Waals surface area (Å²) in [6.07, 6.45) is 7.85. The van der Waals surface area contributed by atoms with Crippen LogP contribution in [0.15, 0.2) is 30.3 Å². The summed E-state index contributed by atoms with van der Waals surface area (Å²) >= 11 is 0. The lowest BCUT2D eigenvalue weighted by Crippen LogP contribution is -2.56. The van der Waals surface area contributed by atoms with Crippen molar-refractivity contribution in [1.82, 2.24) is 0 Å². The summed E-state index contributed by atoms with van der Waals surface area (Å²) in [5.74, 6) is 3.60. The molecular formula is C28H38O3. The molecule has 168 valence electrons. The van der Waals surface area contributed by atoms with E-state index in [1.807, 2.05) is 30.3 Å². The van der Waals surface area contributed by atoms with Crippen molar-refractivity contribution >= 4 is 11.8 Å². The summed E-state index contributed by atoms with van der Waals surface area (Å²) in [5, 5.41) is 0. The molecule has 5 fully saturated rings. The van der Waals surface area contributed by atoms with Gasteiger partial charge in [0.15, 0.2) is 5.78 Å². The van der Waals surface area contributed by atoms with E-state index in [-0.39, 0.29) is 35.6 Å². The van der Waals surface area contributed by atoms with Gasteiger partial charge in [0.05, 0.1) is 5.92 Å². The second-order valence-electron chi connectivity index (χ2n) is 11.6. The van der Waals surface area contributed by atoms with Gasteiger partial charge in [-0.2, -0.15) is 0 Å². The summed E-state index contributed by atoms with van der Waals surface area (Å²) in [6, 6.07) is 9.75. The Hall–Kier alpha value is -1.64. The molecule has 0 spiro atoms. The summed E-state index contributed by atoms with van der Waals surface area (Å²) in [6.45, 7) is 6.81. The largest absolute Gasteiger partial charge is 0.462 e. The van der Waals surface area contributed by atoms with Gasteiger partial charge >= 0.3 is 5.97 Å². The lowest BCUT2D eigenvalue weighted by atomic mass is 9.47. The maximum Gasteiger partial charge on any atom is 0.309 e. The molecule has 3 heteroatoms. The van der Waals surface area contributed by atoms with Crippen molar-refractivity contribution in [1.29, 1.82) is 0 Å². The first-order chi connectivity index (χ1) is 14.9. The van der Waals surface area contributed by atoms with Crippen LogP contribution in [0.25, 0.3) is 0 Å². The number of carbonyl (C=O) groups excluding carboxylic acids is 2. The zero-order valence-electron chi connectivity index (χ0n) is 19.3. The molecular weight excluding hydrogens is 384 g/mol. The number of esters is 1. The Bertz CT molecular complexity index is 815. The lowest BCUT2D eigenvalue weighted by Gasteiger charge is -2.57. The fourth-order valence-corrected chi connectivity index (χ4v) is 7.96. The molecule has 0 heterocycles. The molecule has 6 rings (SSSR count). The van der Waals surface area contributed by atoms with Gasteiger partial charge < -0.3 is 4.74 Å². The third-order valence-corrected chi connectivity index (χ3v) is 9.28. The Morgan fingerprint density at radius 3 is 2.32 bits per heavy atom. The van der Waals surface area contributed by atoms with E-state index in [2.05, 4.69) is 20.8 Å². The monoisotopic (exact) mass is 422 g/mol. The van der Waals surface area contributed by atoms with Gasteiger partial charge in [0, 0.05) is 11.5 Å². The second kappa shape index (κ2) is 8.37. The van der Waals surface area contributed by atoms with E-state index in [0.717, 1.165) is 37.7 Å². The molecule has 5 saturated carbocycles. The van der Waals surface area contributed by atoms with Crippen molar-refractivity contribution in [3.8, 4) is 0 Å². The zero-order chi connectivity index (χ0) is 21.7. The van der Waals surface area contributed by atoms with Gasteiger partial charge in [0.25, 0.3) is 0 Å². The molecule has 0 saturated heterocycles. The summed E-state index contributed by atoms with van der Waals surface area (Å²) in [7, 11) is 0. The number of ketones is 1. The number of hydrogen-bond donors (Lipinski definition) is 0. The molecule has 31 heavy (non-hydrogen) atoms. The predicted octanol–water partition coefficient (Wildman–Crippen LogP) is 6.17. The van der Waals surface area contributed by atoms with E-state index in [0.29, 0.717) is 35.5 Å². The predicted molar refractivity (Wildman–Crippen MR) is 121 cm³/mol. The number of carbonyl (C=O) groups is 2. The minimum absolute atomic E-state index is 0.000995. The molecule has 3 nitrogen and oxygen atoms in total. The molecule has 0 amide bonds. The lowest BCUT2D eigenvalue weighted by molar-refractivity contribution is -0.177. The highest BCUT2D eigenvalue weighted by Gasteiger charge is 2.58. The van der Waals surface area contributed by atoms with Crippen LogP contribution in [0.4, 0.5) is 0 Å². The number of Topliss-reactive ketones (excluding diaryl/α,β-unsaturated/α-hetero) is 1. The first-order valence-corrected chi connectivity index (χ1v) is 12.7. The number of hydrogen-bond acceptors (Lipinski definition) is 3. The van der Waals surface area contributed by atoms with E-state index in [1.54, 1.807) is 0 Å². The highest BCUT2D eigenvalue weighted by Crippen LogP contribution is 2.60. The molecule has 9 atom stereocenters. The smallest absolute Gasteiger partial charge is 0.309 e. The average Bonchev–Trinajstić information content (AvgIpc) is 2.73. The van der Waals surface area contributed by atoms with Crippen molar-refractivity contribution < 1.29 is 14.3 Å². The third-order valence-electron chi connectivity index (χ3n) is 9.28. The van der Waals surface area contributed by atoms with Crippen LogP contribution < -0.4 is 0 Å². The molecule has 0 aromatic heterocycles. The van der Waals surface area contributed by atoms with Crippen LogP contribution in [0, 0.1) is 53.3 Å². The van der Waals surface area contributed by atoms with Crippen molar-refractivity contribution in [2.75, 3.05) is 0 Å². The maximum atomic E-state index is 13.6. The number of ether oxygens (including phenoxy) is 1. The number of benzene rings is 1. The fourth-order valence-electron chi connectivity index (χ4n) is 7.96. The van der Waals surface area contributed by atoms with Crippen molar-refractivity contribution in [3.63, 3.8) is 0 Å². The Kier molecular flexibility index (Phi) is 5.73. The highest BCUT2D eigenvalue weighted by molar-refractivity contribution is 5.98. The van der Waals surface area contributed by atoms with E-state index in [1.165, 1.54) is 12.8 Å². The van der Waals surface area contributed by atoms with Crippen LogP contribution in [0.1, 0.15) is 76.1 Å². The molecule has 1 aromatic rings. The first-order valence-electron chi connectivity index (χ1n) is 12.7. The Morgan fingerprint density at radius 2 is 1.61 bits per heavy atom. The summed E-state index contributed by atoms with van der Waals surface area (Å²) in [5.41, 5.74) is 0.813. The third kappa shape index (κ3) is 3.87. The van der Waals surface area contributed by atoms with E-state index in [9.17, 15) is 9.59 Å². The van der Waals surface area contributed by atoms with Crippen molar-refractivity contribution in [3.05, 3.63) is 35.9 Å². The standard InChI is InChI=1S/C28H38O3/c1-16(2)22-10-9-17(3)11-24(22)31-28(30)26-21-13-18-12-20(15-21)25(23(26)14-18)27(29)19-7-5-4-6-8-19/h4-8,16-18,20-26H,9-15H2,1-3H3/t17-,18-,20+,21-,22+,23+,24-,25-,26+/m1/s1. The fraction of sp³-hybridized carbons (Fsp3) is 0.714. The SMILES string of the molecule is CC(C)[C@@H]1CC[C@@H](C)C[C@H]1OC(=O)[C@H]1[C@@H]2C[C@H]3C[C@@H](C2)[C@@H](C(=O)c2ccccc2)[C@@H]1C3. The van der Waals surface area contributed by atoms with Crippen LogP contribution in [-0.2, 0) is 9.53 Å². The van der Waals surface area contributed by atoms with Crippen LogP contribution in [-0.4, -0.2) is 17.9 Å². The zero-order valence-corrected chi connectivity index (χ0v) is 19.3. The molecule has 1 aromatic carbocycles. The van der Waals surface area contributed by atoms with Gasteiger partial charge in [-0.1, -0.05) is 57.5 Å². The normalized spacial score (nSPS) is 41.4. The summed E-state index contributed by atoms with van der Waals surface area (Å²) in [4.78, 5) is 27.2. The molecule has 5 aliphatic rings. The molecule has 0 radical (unpaired) electrons. The molecule has 4 bridgehead atoms. The van der Waals surface area contributed by atoms with Crippen molar-refractivity contribution in [2.45, 2.75) is 71.8 Å². The maximum absolute atomic E-state index is 13.6. The van der Waals surface area contributed by atoms with Crippen LogP contribution in [0.5, 0.6) is 0 Å². The van der Waals surface area contributed by atoms with Gasteiger partial charge in [0.1, 0.15) is 6.10 Å². The van der Waals surface area contributed by atoms with Crippen LogP contribution in [0.3, 0.4) is 0 Å². The van der Waals surface area contributed by atoms with E-state index < -0.39 is 0 Å². The van der Waals surface area contributed by atoms with E-state index in [4.69, 9.17) is 4.74 Å². The molecule has 0 N–H and O–H groups in total. The topological polar surface area (TPSA) is 43.4 Å². The Morgan fingerprint density at radius 1 is 0.903 bits per heavy atom. The minimum Gasteiger partial charge on any atom is -0.462 e. The second-order valence-corrected chi connectivity index (χ2v) is 11.6. The van der Waals surface area contributed by atoms with Crippen LogP contribution in [0.2, 0.25) is 0 Å². The quantitative estimate of drug-likeness (QED) is 0.421. The molecule has 0 unspecified atom stereocenters. The van der Waals surface area contributed by atoms with Gasteiger partial charge in [-0.05, 0) is 80.0 Å². The highest BCUT2D eigenvalue weighted by atomic mass is 16.5. The minimum atomic E-state index is -0.0736. The van der Waals surface area contributed by atoms with E-state index >= 15 is 0 Å². The summed E-state index contributed by atoms with van der Waals surface area (Å²) < 4.78 is 6.35. The van der Waals surface area contributed by atoms with Gasteiger partial charge in [0.2, 0.25) is 0 Å². The van der Waals surface area contributed by atoms with Crippen molar-refractivity contribution in [2.24, 2.45) is 53.3 Å². The van der Waals surface area contributed by atoms with Gasteiger partial charge in [-0.3, -0.25) is 9.59 Å². The molecule has 5 aliphatic carbocycles. The average molecular weight is 423 g/mol. The first kappa shape index (κ1) is 21.2.